The second kappa shape index (κ2) is 6.72. The molecule has 0 saturated carbocycles. The number of aromatic nitrogens is 1. The molecule has 1 aromatic heterocycles. The summed E-state index contributed by atoms with van der Waals surface area (Å²) in [7, 11) is 0. The van der Waals surface area contributed by atoms with E-state index in [1.807, 2.05) is 24.3 Å². The van der Waals surface area contributed by atoms with Crippen molar-refractivity contribution in [3.8, 4) is 0 Å². The topological polar surface area (TPSA) is 27.8 Å². The monoisotopic (exact) mass is 392 g/mol. The number of rotatable bonds is 2. The van der Waals surface area contributed by atoms with Gasteiger partial charge < -0.3 is 10.3 Å². The molecule has 4 heteroatoms. The largest absolute Gasteiger partial charge is 0.357 e. The van der Waals surface area contributed by atoms with Crippen molar-refractivity contribution >= 4 is 34.1 Å². The van der Waals surface area contributed by atoms with Crippen LogP contribution in [0.3, 0.4) is 0 Å². The molecule has 0 unspecified atom stereocenters. The molecule has 0 saturated heterocycles. The van der Waals surface area contributed by atoms with Crippen LogP contribution in [0.2, 0.25) is 10.0 Å². The third kappa shape index (κ3) is 2.85. The molecule has 0 spiro atoms. The highest BCUT2D eigenvalue weighted by molar-refractivity contribution is 6.31. The fraction of sp³-hybridized carbons (Fsp3) is 0.130. The Morgan fingerprint density at radius 1 is 0.815 bits per heavy atom. The summed E-state index contributed by atoms with van der Waals surface area (Å²) >= 11 is 12.7. The SMILES string of the molecule is Clc1ccc([C@@H]2NC[C@H](c3ccccc3Cl)c3c2[nH]c2ccccc32)cc1. The summed E-state index contributed by atoms with van der Waals surface area (Å²) in [6.45, 7) is 0.825. The molecular weight excluding hydrogens is 375 g/mol. The molecule has 0 radical (unpaired) electrons. The Labute approximate surface area is 168 Å². The van der Waals surface area contributed by atoms with Crippen LogP contribution in [0.15, 0.2) is 72.8 Å². The van der Waals surface area contributed by atoms with E-state index in [2.05, 4.69) is 58.8 Å². The van der Waals surface area contributed by atoms with E-state index in [1.165, 1.54) is 22.2 Å². The number of nitrogens with one attached hydrogen (secondary N) is 2. The summed E-state index contributed by atoms with van der Waals surface area (Å²) in [5.41, 5.74) is 6.05. The lowest BCUT2D eigenvalue weighted by Crippen LogP contribution is -2.34. The van der Waals surface area contributed by atoms with E-state index >= 15 is 0 Å². The average molecular weight is 393 g/mol. The van der Waals surface area contributed by atoms with E-state index in [0.29, 0.717) is 0 Å². The number of fused-ring (bicyclic) bond motifs is 3. The number of hydrogen-bond acceptors (Lipinski definition) is 1. The van der Waals surface area contributed by atoms with Crippen molar-refractivity contribution in [3.05, 3.63) is 105 Å². The molecule has 134 valence electrons. The summed E-state index contributed by atoms with van der Waals surface area (Å²) < 4.78 is 0. The molecule has 1 aliphatic heterocycles. The molecule has 0 fully saturated rings. The minimum absolute atomic E-state index is 0.100. The van der Waals surface area contributed by atoms with Crippen LogP contribution >= 0.6 is 23.2 Å². The van der Waals surface area contributed by atoms with Crippen molar-refractivity contribution in [1.82, 2.24) is 10.3 Å². The van der Waals surface area contributed by atoms with Crippen molar-refractivity contribution in [2.24, 2.45) is 0 Å². The number of para-hydroxylation sites is 1. The summed E-state index contributed by atoms with van der Waals surface area (Å²) in [4.78, 5) is 3.66. The van der Waals surface area contributed by atoms with Crippen LogP contribution in [0, 0.1) is 0 Å². The van der Waals surface area contributed by atoms with Crippen molar-refractivity contribution in [1.29, 1.82) is 0 Å². The van der Waals surface area contributed by atoms with Gasteiger partial charge in [0.25, 0.3) is 0 Å². The zero-order chi connectivity index (χ0) is 18.4. The minimum Gasteiger partial charge on any atom is -0.357 e. The molecule has 0 aliphatic carbocycles. The fourth-order valence-electron chi connectivity index (χ4n) is 4.19. The van der Waals surface area contributed by atoms with Gasteiger partial charge in [-0.2, -0.15) is 0 Å². The summed E-state index contributed by atoms with van der Waals surface area (Å²) in [6, 6.07) is 24.8. The van der Waals surface area contributed by atoms with E-state index in [1.54, 1.807) is 0 Å². The molecule has 4 aromatic rings. The third-order valence-corrected chi connectivity index (χ3v) is 6.02. The summed E-state index contributed by atoms with van der Waals surface area (Å²) in [5.74, 6) is 0.202. The van der Waals surface area contributed by atoms with Gasteiger partial charge in [0.15, 0.2) is 0 Å². The zero-order valence-electron chi connectivity index (χ0n) is 14.5. The highest BCUT2D eigenvalue weighted by Gasteiger charge is 2.33. The predicted octanol–water partition coefficient (Wildman–Crippen LogP) is 6.30. The maximum Gasteiger partial charge on any atom is 0.0732 e. The summed E-state index contributed by atoms with van der Waals surface area (Å²) in [5, 5.41) is 6.54. The van der Waals surface area contributed by atoms with Gasteiger partial charge in [-0.3, -0.25) is 0 Å². The molecule has 2 atom stereocenters. The first-order chi connectivity index (χ1) is 13.2. The van der Waals surface area contributed by atoms with Gasteiger partial charge in [-0.05, 0) is 41.0 Å². The van der Waals surface area contributed by atoms with Crippen molar-refractivity contribution in [2.75, 3.05) is 6.54 Å². The van der Waals surface area contributed by atoms with Gasteiger partial charge in [0.2, 0.25) is 0 Å². The van der Waals surface area contributed by atoms with Crippen LogP contribution in [0.25, 0.3) is 10.9 Å². The molecule has 3 aromatic carbocycles. The Balaban J connectivity index is 1.72. The number of halogens is 2. The van der Waals surface area contributed by atoms with E-state index in [-0.39, 0.29) is 12.0 Å². The minimum atomic E-state index is 0.100. The molecule has 2 N–H and O–H groups in total. The van der Waals surface area contributed by atoms with Gasteiger partial charge in [0, 0.05) is 39.1 Å². The molecular formula is C23H18Cl2N2. The van der Waals surface area contributed by atoms with Crippen LogP contribution < -0.4 is 5.32 Å². The summed E-state index contributed by atoms with van der Waals surface area (Å²) in [6.07, 6.45) is 0. The Kier molecular flexibility index (Phi) is 4.20. The number of H-pyrrole nitrogens is 1. The second-order valence-corrected chi connectivity index (χ2v) is 7.81. The first kappa shape index (κ1) is 16.9. The lowest BCUT2D eigenvalue weighted by molar-refractivity contribution is 0.525. The molecule has 27 heavy (non-hydrogen) atoms. The van der Waals surface area contributed by atoms with Gasteiger partial charge in [0.05, 0.1) is 6.04 Å². The first-order valence-electron chi connectivity index (χ1n) is 9.06. The van der Waals surface area contributed by atoms with E-state index < -0.39 is 0 Å². The first-order valence-corrected chi connectivity index (χ1v) is 9.82. The quantitative estimate of drug-likeness (QED) is 0.411. The Hall–Kier alpha value is -2.26. The van der Waals surface area contributed by atoms with E-state index in [9.17, 15) is 0 Å². The van der Waals surface area contributed by atoms with Gasteiger partial charge in [-0.15, -0.1) is 0 Å². The van der Waals surface area contributed by atoms with E-state index in [4.69, 9.17) is 23.2 Å². The van der Waals surface area contributed by atoms with Crippen LogP contribution in [0.5, 0.6) is 0 Å². The number of benzene rings is 3. The van der Waals surface area contributed by atoms with E-state index in [0.717, 1.165) is 27.7 Å². The molecule has 2 heterocycles. The lowest BCUT2D eigenvalue weighted by atomic mass is 9.83. The van der Waals surface area contributed by atoms with Crippen molar-refractivity contribution < 1.29 is 0 Å². The molecule has 5 rings (SSSR count). The molecule has 1 aliphatic rings. The number of aromatic amines is 1. The highest BCUT2D eigenvalue weighted by atomic mass is 35.5. The predicted molar refractivity (Wildman–Crippen MR) is 113 cm³/mol. The zero-order valence-corrected chi connectivity index (χ0v) is 16.1. The smallest absolute Gasteiger partial charge is 0.0732 e. The van der Waals surface area contributed by atoms with Crippen molar-refractivity contribution in [2.45, 2.75) is 12.0 Å². The van der Waals surface area contributed by atoms with Crippen LogP contribution in [-0.4, -0.2) is 11.5 Å². The Morgan fingerprint density at radius 2 is 1.56 bits per heavy atom. The van der Waals surface area contributed by atoms with Gasteiger partial charge in [-0.25, -0.2) is 0 Å². The van der Waals surface area contributed by atoms with Gasteiger partial charge in [-0.1, -0.05) is 71.7 Å². The standard InChI is InChI=1S/C23H18Cl2N2/c24-15-11-9-14(10-12-15)22-23-21(17-6-2-4-8-20(17)27-23)18(13-26-22)16-5-1-3-7-19(16)25/h1-12,18,22,26-27H,13H2/t18-,22+/m1/s1. The van der Waals surface area contributed by atoms with Crippen LogP contribution in [-0.2, 0) is 0 Å². The maximum atomic E-state index is 6.56. The fourth-order valence-corrected chi connectivity index (χ4v) is 4.58. The second-order valence-electron chi connectivity index (χ2n) is 6.96. The maximum absolute atomic E-state index is 6.56. The normalized spacial score (nSPS) is 19.2. The van der Waals surface area contributed by atoms with Crippen molar-refractivity contribution in [3.63, 3.8) is 0 Å². The average Bonchev–Trinajstić information content (AvgIpc) is 3.08. The van der Waals surface area contributed by atoms with Gasteiger partial charge in [0.1, 0.15) is 0 Å². The third-order valence-electron chi connectivity index (χ3n) is 5.42. The molecule has 0 amide bonds. The Bertz CT molecular complexity index is 1110. The number of hydrogen-bond donors (Lipinski definition) is 2. The van der Waals surface area contributed by atoms with Crippen LogP contribution in [0.1, 0.15) is 34.3 Å². The highest BCUT2D eigenvalue weighted by Crippen LogP contribution is 2.43. The lowest BCUT2D eigenvalue weighted by Gasteiger charge is -2.31. The Morgan fingerprint density at radius 3 is 2.37 bits per heavy atom. The van der Waals surface area contributed by atoms with Gasteiger partial charge >= 0.3 is 0 Å². The molecule has 2 nitrogen and oxygen atoms in total. The molecule has 0 bridgehead atoms. The van der Waals surface area contributed by atoms with Crippen LogP contribution in [0.4, 0.5) is 0 Å².